The zero-order valence-corrected chi connectivity index (χ0v) is 12.5. The van der Waals surface area contributed by atoms with Gasteiger partial charge >= 0.3 is 11.9 Å². The number of ether oxygens (including phenoxy) is 2. The van der Waals surface area contributed by atoms with Crippen molar-refractivity contribution in [3.05, 3.63) is 24.8 Å². The molecule has 0 spiro atoms. The van der Waals surface area contributed by atoms with Crippen molar-refractivity contribution >= 4 is 11.9 Å². The molecule has 0 amide bonds. The van der Waals surface area contributed by atoms with Crippen molar-refractivity contribution < 1.29 is 19.1 Å². The fourth-order valence-corrected chi connectivity index (χ4v) is 4.87. The largest absolute Gasteiger partial charge is 0.456 e. The van der Waals surface area contributed by atoms with Gasteiger partial charge in [-0.2, -0.15) is 0 Å². The molecule has 4 bridgehead atoms. The molecule has 2 atom stereocenters. The molecule has 4 rings (SSSR count). The first-order valence-corrected chi connectivity index (χ1v) is 7.60. The van der Waals surface area contributed by atoms with Crippen molar-refractivity contribution in [1.29, 1.82) is 0 Å². The molecule has 21 heavy (non-hydrogen) atoms. The maximum absolute atomic E-state index is 12.0. The maximum atomic E-state index is 12.0. The fraction of sp³-hybridized carbons (Fsp3) is 0.647. The molecule has 4 nitrogen and oxygen atoms in total. The summed E-state index contributed by atoms with van der Waals surface area (Å²) in [4.78, 5) is 23.6. The predicted molar refractivity (Wildman–Crippen MR) is 77.3 cm³/mol. The van der Waals surface area contributed by atoms with Crippen molar-refractivity contribution in [2.45, 2.75) is 56.7 Å². The highest BCUT2D eigenvalue weighted by atomic mass is 16.6. The van der Waals surface area contributed by atoms with Crippen LogP contribution in [-0.4, -0.2) is 23.1 Å². The van der Waals surface area contributed by atoms with Crippen LogP contribution in [0.25, 0.3) is 0 Å². The van der Waals surface area contributed by atoms with Gasteiger partial charge in [0.05, 0.1) is 0 Å². The second kappa shape index (κ2) is 4.72. The number of hydrogen-bond acceptors (Lipinski definition) is 4. The molecule has 2 unspecified atom stereocenters. The molecule has 0 aliphatic heterocycles. The minimum absolute atomic E-state index is 0.331. The lowest BCUT2D eigenvalue weighted by atomic mass is 9.52. The Bertz CT molecular complexity index is 505. The highest BCUT2D eigenvalue weighted by molar-refractivity contribution is 5.87. The van der Waals surface area contributed by atoms with E-state index in [1.807, 2.05) is 0 Å². The number of carbonyl (C=O) groups excluding carboxylic acids is 2. The SMILES string of the molecule is C=CC(=O)OC12CC3CC(C1)CC(OC(=O)C(=C)C)(C3)C2. The first kappa shape index (κ1) is 14.4. The van der Waals surface area contributed by atoms with E-state index in [1.165, 1.54) is 6.08 Å². The molecule has 114 valence electrons. The Morgan fingerprint density at radius 1 is 1.10 bits per heavy atom. The van der Waals surface area contributed by atoms with E-state index in [2.05, 4.69) is 13.2 Å². The Hall–Kier alpha value is -1.58. The van der Waals surface area contributed by atoms with Crippen LogP contribution in [-0.2, 0) is 19.1 Å². The molecule has 0 aromatic rings. The van der Waals surface area contributed by atoms with Crippen LogP contribution in [0.2, 0.25) is 0 Å². The molecular formula is C17H22O4. The summed E-state index contributed by atoms with van der Waals surface area (Å²) in [7, 11) is 0. The summed E-state index contributed by atoms with van der Waals surface area (Å²) in [6.45, 7) is 8.80. The van der Waals surface area contributed by atoms with Gasteiger partial charge in [-0.3, -0.25) is 0 Å². The minimum Gasteiger partial charge on any atom is -0.456 e. The van der Waals surface area contributed by atoms with E-state index in [4.69, 9.17) is 9.47 Å². The summed E-state index contributed by atoms with van der Waals surface area (Å²) in [6, 6.07) is 0. The average Bonchev–Trinajstić information content (AvgIpc) is 2.35. The first-order chi connectivity index (χ1) is 9.85. The molecule has 0 heterocycles. The third-order valence-electron chi connectivity index (χ3n) is 5.10. The fourth-order valence-electron chi connectivity index (χ4n) is 4.87. The zero-order chi connectivity index (χ0) is 15.3. The van der Waals surface area contributed by atoms with Gasteiger partial charge in [0.2, 0.25) is 0 Å². The Morgan fingerprint density at radius 3 is 2.10 bits per heavy atom. The van der Waals surface area contributed by atoms with E-state index in [1.54, 1.807) is 6.92 Å². The molecule has 0 saturated heterocycles. The summed E-state index contributed by atoms with van der Waals surface area (Å²) in [5.74, 6) is 0.240. The van der Waals surface area contributed by atoms with Gasteiger partial charge in [0.1, 0.15) is 11.2 Å². The molecule has 4 saturated carbocycles. The van der Waals surface area contributed by atoms with E-state index in [9.17, 15) is 9.59 Å². The number of hydrogen-bond donors (Lipinski definition) is 0. The van der Waals surface area contributed by atoms with Gasteiger partial charge in [0, 0.05) is 18.1 Å². The zero-order valence-electron chi connectivity index (χ0n) is 12.5. The second-order valence-corrected chi connectivity index (χ2v) is 7.12. The van der Waals surface area contributed by atoms with Gasteiger partial charge < -0.3 is 9.47 Å². The molecule has 0 aromatic heterocycles. The molecule has 0 radical (unpaired) electrons. The molecule has 4 aliphatic rings. The average molecular weight is 290 g/mol. The van der Waals surface area contributed by atoms with Crippen LogP contribution >= 0.6 is 0 Å². The normalized spacial score (nSPS) is 39.7. The van der Waals surface area contributed by atoms with Crippen LogP contribution in [0.5, 0.6) is 0 Å². The van der Waals surface area contributed by atoms with Crippen LogP contribution < -0.4 is 0 Å². The van der Waals surface area contributed by atoms with E-state index in [0.29, 0.717) is 23.8 Å². The summed E-state index contributed by atoms with van der Waals surface area (Å²) in [6.07, 6.45) is 6.52. The Morgan fingerprint density at radius 2 is 1.62 bits per heavy atom. The first-order valence-electron chi connectivity index (χ1n) is 7.60. The molecular weight excluding hydrogens is 268 g/mol. The van der Waals surface area contributed by atoms with Gasteiger partial charge in [-0.05, 0) is 50.9 Å². The van der Waals surface area contributed by atoms with E-state index in [0.717, 1.165) is 32.1 Å². The van der Waals surface area contributed by atoms with Gasteiger partial charge in [-0.25, -0.2) is 9.59 Å². The highest BCUT2D eigenvalue weighted by Gasteiger charge is 2.61. The van der Waals surface area contributed by atoms with Crippen LogP contribution in [0.4, 0.5) is 0 Å². The third kappa shape index (κ3) is 2.52. The van der Waals surface area contributed by atoms with E-state index >= 15 is 0 Å². The van der Waals surface area contributed by atoms with Gasteiger partial charge in [-0.1, -0.05) is 13.2 Å². The summed E-state index contributed by atoms with van der Waals surface area (Å²) in [5.41, 5.74) is -0.519. The van der Waals surface area contributed by atoms with Crippen molar-refractivity contribution in [2.75, 3.05) is 0 Å². The molecule has 4 aliphatic carbocycles. The van der Waals surface area contributed by atoms with Gasteiger partial charge in [0.15, 0.2) is 0 Å². The number of carbonyl (C=O) groups is 2. The van der Waals surface area contributed by atoms with E-state index in [-0.39, 0.29) is 11.9 Å². The standard InChI is InChI=1S/C17H22O4/c1-4-14(18)20-16-6-12-5-13(7-16)9-17(8-12,10-16)21-15(19)11(2)3/h4,12-13H,1-2,5-10H2,3H3. The van der Waals surface area contributed by atoms with E-state index < -0.39 is 11.2 Å². The smallest absolute Gasteiger partial charge is 0.333 e. The lowest BCUT2D eigenvalue weighted by molar-refractivity contribution is -0.227. The molecule has 4 fully saturated rings. The summed E-state index contributed by atoms with van der Waals surface area (Å²) >= 11 is 0. The quantitative estimate of drug-likeness (QED) is 0.590. The number of rotatable bonds is 4. The van der Waals surface area contributed by atoms with Crippen molar-refractivity contribution in [3.63, 3.8) is 0 Å². The van der Waals surface area contributed by atoms with Crippen molar-refractivity contribution in [2.24, 2.45) is 11.8 Å². The lowest BCUT2D eigenvalue weighted by Crippen LogP contribution is -2.61. The monoisotopic (exact) mass is 290 g/mol. The molecule has 4 heteroatoms. The third-order valence-corrected chi connectivity index (χ3v) is 5.10. The van der Waals surface area contributed by atoms with Gasteiger partial charge in [-0.15, -0.1) is 0 Å². The summed E-state index contributed by atoms with van der Waals surface area (Å²) in [5, 5.41) is 0. The van der Waals surface area contributed by atoms with Gasteiger partial charge in [0.25, 0.3) is 0 Å². The predicted octanol–water partition coefficient (Wildman–Crippen LogP) is 2.93. The summed E-state index contributed by atoms with van der Waals surface area (Å²) < 4.78 is 11.5. The Labute approximate surface area is 125 Å². The second-order valence-electron chi connectivity index (χ2n) is 7.12. The Kier molecular flexibility index (Phi) is 3.23. The Balaban J connectivity index is 1.84. The topological polar surface area (TPSA) is 52.6 Å². The van der Waals surface area contributed by atoms with Crippen LogP contribution in [0.15, 0.2) is 24.8 Å². The van der Waals surface area contributed by atoms with Crippen molar-refractivity contribution in [3.8, 4) is 0 Å². The molecule has 0 aromatic carbocycles. The minimum atomic E-state index is -0.471. The van der Waals surface area contributed by atoms with Crippen LogP contribution in [0.1, 0.15) is 45.4 Å². The number of esters is 2. The molecule has 0 N–H and O–H groups in total. The highest BCUT2D eigenvalue weighted by Crippen LogP contribution is 2.60. The maximum Gasteiger partial charge on any atom is 0.333 e. The van der Waals surface area contributed by atoms with Crippen molar-refractivity contribution in [1.82, 2.24) is 0 Å². The lowest BCUT2D eigenvalue weighted by Gasteiger charge is -2.60. The van der Waals surface area contributed by atoms with Crippen LogP contribution in [0, 0.1) is 11.8 Å². The van der Waals surface area contributed by atoms with Crippen LogP contribution in [0.3, 0.4) is 0 Å².